The summed E-state index contributed by atoms with van der Waals surface area (Å²) in [5.74, 6) is -1.17. The van der Waals surface area contributed by atoms with Gasteiger partial charge in [0.05, 0.1) is 18.3 Å². The van der Waals surface area contributed by atoms with Crippen LogP contribution in [0.25, 0.3) is 0 Å². The zero-order valence-corrected chi connectivity index (χ0v) is 10.4. The van der Waals surface area contributed by atoms with E-state index in [1.54, 1.807) is 12.1 Å². The van der Waals surface area contributed by atoms with E-state index in [2.05, 4.69) is 5.10 Å². The number of rotatable bonds is 6. The van der Waals surface area contributed by atoms with E-state index < -0.39 is 35.6 Å². The molecule has 0 radical (unpaired) electrons. The Morgan fingerprint density at radius 2 is 2.00 bits per heavy atom. The molecule has 19 heavy (non-hydrogen) atoms. The van der Waals surface area contributed by atoms with Crippen molar-refractivity contribution in [3.63, 3.8) is 0 Å². The lowest BCUT2D eigenvalue weighted by molar-refractivity contribution is -0.137. The highest BCUT2D eigenvalue weighted by molar-refractivity contribution is 7.89. The third kappa shape index (κ3) is 3.51. The van der Waals surface area contributed by atoms with Gasteiger partial charge in [-0.05, 0) is 0 Å². The average Bonchev–Trinajstić information content (AvgIpc) is 2.77. The smallest absolute Gasteiger partial charge is 0.325 e. The first-order valence-electron chi connectivity index (χ1n) is 4.90. The minimum Gasteiger partial charge on any atom is -0.480 e. The summed E-state index contributed by atoms with van der Waals surface area (Å²) in [6.07, 6.45) is 2.01. The summed E-state index contributed by atoms with van der Waals surface area (Å²) in [6, 6.07) is 3.28. The fourth-order valence-corrected chi connectivity index (χ4v) is 2.42. The monoisotopic (exact) mass is 283 g/mol. The largest absolute Gasteiger partial charge is 0.480 e. The van der Waals surface area contributed by atoms with Gasteiger partial charge in [-0.15, -0.1) is 0 Å². The van der Waals surface area contributed by atoms with E-state index in [9.17, 15) is 13.2 Å². The first kappa shape index (κ1) is 14.6. The Hall–Kier alpha value is -2.43. The molecule has 0 aliphatic carbocycles. The van der Waals surface area contributed by atoms with E-state index in [1.165, 1.54) is 0 Å². The number of nitrogens with zero attached hydrogens (tertiary/aromatic N) is 5. The third-order valence-corrected chi connectivity index (χ3v) is 3.78. The van der Waals surface area contributed by atoms with Crippen molar-refractivity contribution in [1.29, 1.82) is 10.5 Å². The van der Waals surface area contributed by atoms with Gasteiger partial charge in [0.25, 0.3) is 0 Å². The van der Waals surface area contributed by atoms with E-state index in [0.29, 0.717) is 4.31 Å². The van der Waals surface area contributed by atoms with Gasteiger partial charge in [0.15, 0.2) is 0 Å². The summed E-state index contributed by atoms with van der Waals surface area (Å²) in [7, 11) is -4.03. The van der Waals surface area contributed by atoms with Crippen molar-refractivity contribution in [3.8, 4) is 12.1 Å². The highest BCUT2D eigenvalue weighted by Crippen LogP contribution is 2.14. The number of nitriles is 2. The van der Waals surface area contributed by atoms with E-state index in [4.69, 9.17) is 15.6 Å². The maximum absolute atomic E-state index is 12.0. The predicted molar refractivity (Wildman–Crippen MR) is 59.8 cm³/mol. The lowest BCUT2D eigenvalue weighted by Crippen LogP contribution is -2.31. The maximum Gasteiger partial charge on any atom is 0.325 e. The van der Waals surface area contributed by atoms with Crippen LogP contribution in [0.15, 0.2) is 17.3 Å². The fraction of sp³-hybridized carbons (Fsp3) is 0.333. The van der Waals surface area contributed by atoms with E-state index >= 15 is 0 Å². The number of hydrogen-bond donors (Lipinski definition) is 1. The summed E-state index contributed by atoms with van der Waals surface area (Å²) in [5, 5.41) is 29.2. The zero-order valence-electron chi connectivity index (χ0n) is 9.59. The van der Waals surface area contributed by atoms with Gasteiger partial charge in [0.2, 0.25) is 10.0 Å². The van der Waals surface area contributed by atoms with Crippen molar-refractivity contribution in [3.05, 3.63) is 12.4 Å². The van der Waals surface area contributed by atoms with Crippen LogP contribution in [0.1, 0.15) is 0 Å². The molecule has 1 aromatic heterocycles. The second-order valence-electron chi connectivity index (χ2n) is 3.36. The standard InChI is InChI=1S/C9H9N5O4S/c10-1-3-14(4-2-11)19(17,18)8-5-12-13(6-8)7-9(15)16/h5-6H,3-4,7H2,(H,15,16). The van der Waals surface area contributed by atoms with Crippen molar-refractivity contribution in [1.82, 2.24) is 14.1 Å². The van der Waals surface area contributed by atoms with Crippen LogP contribution in [0.5, 0.6) is 0 Å². The average molecular weight is 283 g/mol. The summed E-state index contributed by atoms with van der Waals surface area (Å²) in [6.45, 7) is -1.42. The predicted octanol–water partition coefficient (Wildman–Crippen LogP) is -0.994. The quantitative estimate of drug-likeness (QED) is 0.660. The van der Waals surface area contributed by atoms with E-state index in [-0.39, 0.29) is 4.90 Å². The van der Waals surface area contributed by atoms with Crippen LogP contribution < -0.4 is 0 Å². The molecule has 10 heteroatoms. The molecule has 0 saturated heterocycles. The van der Waals surface area contributed by atoms with Crippen molar-refractivity contribution in [2.75, 3.05) is 13.1 Å². The van der Waals surface area contributed by atoms with Gasteiger partial charge in [0.1, 0.15) is 24.5 Å². The van der Waals surface area contributed by atoms with Gasteiger partial charge in [-0.2, -0.15) is 19.9 Å². The van der Waals surface area contributed by atoms with Crippen LogP contribution in [-0.2, 0) is 21.4 Å². The molecule has 0 atom stereocenters. The van der Waals surface area contributed by atoms with Crippen LogP contribution in [0.2, 0.25) is 0 Å². The van der Waals surface area contributed by atoms with Crippen molar-refractivity contribution in [2.45, 2.75) is 11.4 Å². The number of sulfonamides is 1. The second kappa shape index (κ2) is 5.95. The van der Waals surface area contributed by atoms with Gasteiger partial charge in [-0.25, -0.2) is 8.42 Å². The molecular formula is C9H9N5O4S. The molecule has 0 spiro atoms. The molecule has 0 aliphatic rings. The van der Waals surface area contributed by atoms with Gasteiger partial charge in [0, 0.05) is 6.20 Å². The number of carboxylic acid groups (broad SMARTS) is 1. The molecule has 100 valence electrons. The van der Waals surface area contributed by atoms with Crippen LogP contribution >= 0.6 is 0 Å². The number of carboxylic acids is 1. The summed E-state index contributed by atoms with van der Waals surface area (Å²) >= 11 is 0. The number of carbonyl (C=O) groups is 1. The number of hydrogen-bond acceptors (Lipinski definition) is 6. The minimum absolute atomic E-state index is 0.265. The molecule has 1 rings (SSSR count). The Labute approximate surface area is 108 Å². The van der Waals surface area contributed by atoms with Crippen molar-refractivity contribution < 1.29 is 18.3 Å². The Balaban J connectivity index is 3.05. The Kier molecular flexibility index (Phi) is 4.58. The molecule has 0 unspecified atom stereocenters. The molecule has 0 aliphatic heterocycles. The van der Waals surface area contributed by atoms with Gasteiger partial charge in [-0.3, -0.25) is 9.48 Å². The lowest BCUT2D eigenvalue weighted by Gasteiger charge is -2.13. The zero-order chi connectivity index (χ0) is 14.5. The highest BCUT2D eigenvalue weighted by Gasteiger charge is 2.25. The first-order chi connectivity index (χ1) is 8.91. The molecule has 0 bridgehead atoms. The van der Waals surface area contributed by atoms with E-state index in [0.717, 1.165) is 17.1 Å². The summed E-state index contributed by atoms with van der Waals surface area (Å²) in [4.78, 5) is 10.2. The molecule has 1 heterocycles. The lowest BCUT2D eigenvalue weighted by atomic mass is 10.6. The van der Waals surface area contributed by atoms with Crippen LogP contribution in [0.4, 0.5) is 0 Å². The Bertz CT molecular complexity index is 635. The molecule has 1 aromatic rings. The first-order valence-corrected chi connectivity index (χ1v) is 6.34. The topological polar surface area (TPSA) is 140 Å². The molecular weight excluding hydrogens is 274 g/mol. The normalized spacial score (nSPS) is 10.9. The fourth-order valence-electron chi connectivity index (χ4n) is 1.24. The van der Waals surface area contributed by atoms with Gasteiger partial charge >= 0.3 is 5.97 Å². The van der Waals surface area contributed by atoms with E-state index in [1.807, 2.05) is 0 Å². The Morgan fingerprint density at radius 3 is 2.47 bits per heavy atom. The number of aromatic nitrogens is 2. The summed E-state index contributed by atoms with van der Waals surface area (Å²) < 4.78 is 25.7. The molecule has 0 aromatic carbocycles. The minimum atomic E-state index is -4.03. The van der Waals surface area contributed by atoms with Crippen molar-refractivity contribution in [2.24, 2.45) is 0 Å². The maximum atomic E-state index is 12.0. The second-order valence-corrected chi connectivity index (χ2v) is 5.29. The number of aliphatic carboxylic acids is 1. The molecule has 0 saturated carbocycles. The van der Waals surface area contributed by atoms with Crippen LogP contribution in [-0.4, -0.2) is 46.7 Å². The molecule has 1 N–H and O–H groups in total. The highest BCUT2D eigenvalue weighted by atomic mass is 32.2. The third-order valence-electron chi connectivity index (χ3n) is 2.04. The van der Waals surface area contributed by atoms with Crippen molar-refractivity contribution >= 4 is 16.0 Å². The summed E-state index contributed by atoms with van der Waals surface area (Å²) in [5.41, 5.74) is 0. The SMILES string of the molecule is N#CCN(CC#N)S(=O)(=O)c1cnn(CC(=O)O)c1. The molecule has 0 fully saturated rings. The Morgan fingerprint density at radius 1 is 1.42 bits per heavy atom. The van der Waals surface area contributed by atoms with Gasteiger partial charge < -0.3 is 5.11 Å². The van der Waals surface area contributed by atoms with Crippen LogP contribution in [0, 0.1) is 22.7 Å². The molecule has 9 nitrogen and oxygen atoms in total. The molecule has 0 amide bonds. The van der Waals surface area contributed by atoms with Gasteiger partial charge in [-0.1, -0.05) is 0 Å². The van der Waals surface area contributed by atoms with Crippen LogP contribution in [0.3, 0.4) is 0 Å².